The van der Waals surface area contributed by atoms with Crippen molar-refractivity contribution < 1.29 is 0 Å². The number of anilines is 1. The average molecular weight is 352 g/mol. The van der Waals surface area contributed by atoms with Gasteiger partial charge >= 0.3 is 5.69 Å². The molecule has 9 heteroatoms. The molecule has 0 fully saturated rings. The molecule has 0 bridgehead atoms. The van der Waals surface area contributed by atoms with Crippen molar-refractivity contribution in [2.45, 2.75) is 38.4 Å². The van der Waals surface area contributed by atoms with Crippen LogP contribution in [0.4, 0.5) is 5.95 Å². The van der Waals surface area contributed by atoms with Gasteiger partial charge in [-0.1, -0.05) is 11.6 Å². The van der Waals surface area contributed by atoms with Gasteiger partial charge in [0.15, 0.2) is 0 Å². The Balaban J connectivity index is 1.65. The zero-order chi connectivity index (χ0) is 17.1. The van der Waals surface area contributed by atoms with Gasteiger partial charge in [0.05, 0.1) is 24.0 Å². The van der Waals surface area contributed by atoms with Gasteiger partial charge in [0.1, 0.15) is 5.82 Å². The van der Waals surface area contributed by atoms with Gasteiger partial charge in [-0.3, -0.25) is 4.57 Å². The van der Waals surface area contributed by atoms with Crippen molar-refractivity contribution in [2.75, 3.05) is 26.0 Å². The highest BCUT2D eigenvalue weighted by Gasteiger charge is 2.21. The van der Waals surface area contributed by atoms with Crippen molar-refractivity contribution in [3.8, 4) is 0 Å². The first-order valence-electron chi connectivity index (χ1n) is 8.08. The molecule has 8 nitrogen and oxygen atoms in total. The minimum Gasteiger partial charge on any atom is -0.351 e. The summed E-state index contributed by atoms with van der Waals surface area (Å²) >= 11 is 5.80. The van der Waals surface area contributed by atoms with Crippen molar-refractivity contribution in [2.24, 2.45) is 0 Å². The van der Waals surface area contributed by atoms with E-state index in [0.29, 0.717) is 24.1 Å². The fraction of sp³-hybridized carbons (Fsp3) is 0.600. The van der Waals surface area contributed by atoms with Crippen LogP contribution in [0, 0.1) is 0 Å². The molecule has 1 N–H and O–H groups in total. The Morgan fingerprint density at radius 1 is 1.33 bits per heavy atom. The van der Waals surface area contributed by atoms with E-state index in [4.69, 9.17) is 11.6 Å². The van der Waals surface area contributed by atoms with E-state index in [-0.39, 0.29) is 11.7 Å². The van der Waals surface area contributed by atoms with Gasteiger partial charge in [-0.2, -0.15) is 5.10 Å². The van der Waals surface area contributed by atoms with E-state index in [1.807, 2.05) is 19.0 Å². The maximum absolute atomic E-state index is 12.5. The van der Waals surface area contributed by atoms with E-state index in [0.717, 1.165) is 31.6 Å². The average Bonchev–Trinajstić information content (AvgIpc) is 2.72. The Hall–Kier alpha value is -1.93. The number of fused-ring (bicyclic) bond motifs is 1. The van der Waals surface area contributed by atoms with Crippen molar-refractivity contribution in [1.82, 2.24) is 29.2 Å². The Kier molecular flexibility index (Phi) is 5.15. The Morgan fingerprint density at radius 3 is 2.79 bits per heavy atom. The lowest BCUT2D eigenvalue weighted by Gasteiger charge is -2.15. The van der Waals surface area contributed by atoms with Crippen LogP contribution in [0.3, 0.4) is 0 Å². The molecular formula is C15H22ClN7O. The number of nitrogens with one attached hydrogen (secondary N) is 1. The van der Waals surface area contributed by atoms with E-state index >= 15 is 0 Å². The van der Waals surface area contributed by atoms with Gasteiger partial charge in [0, 0.05) is 25.6 Å². The number of rotatable bonds is 5. The van der Waals surface area contributed by atoms with E-state index in [1.54, 1.807) is 21.6 Å². The van der Waals surface area contributed by atoms with Crippen LogP contribution in [0.1, 0.15) is 18.7 Å². The van der Waals surface area contributed by atoms with Gasteiger partial charge in [-0.15, -0.1) is 0 Å². The molecule has 0 radical (unpaired) electrons. The molecule has 2 aromatic rings. The van der Waals surface area contributed by atoms with E-state index in [2.05, 4.69) is 20.4 Å². The third-order valence-electron chi connectivity index (χ3n) is 4.13. The lowest BCUT2D eigenvalue weighted by molar-refractivity contribution is 0.367. The second-order valence-corrected chi connectivity index (χ2v) is 6.71. The third-order valence-corrected chi connectivity index (χ3v) is 4.32. The summed E-state index contributed by atoms with van der Waals surface area (Å²) in [6.07, 6.45) is 5.62. The highest BCUT2D eigenvalue weighted by Crippen LogP contribution is 2.15. The van der Waals surface area contributed by atoms with Gasteiger partial charge in [0.25, 0.3) is 0 Å². The van der Waals surface area contributed by atoms with Crippen LogP contribution >= 0.6 is 11.6 Å². The molecule has 1 unspecified atom stereocenters. The molecule has 0 aliphatic carbocycles. The summed E-state index contributed by atoms with van der Waals surface area (Å²) < 4.78 is 3.37. The van der Waals surface area contributed by atoms with Gasteiger partial charge in [-0.05, 0) is 26.9 Å². The maximum atomic E-state index is 12.5. The predicted octanol–water partition coefficient (Wildman–Crippen LogP) is 0.867. The number of aryl methyl sites for hydroxylation is 1. The molecule has 0 amide bonds. The summed E-state index contributed by atoms with van der Waals surface area (Å²) in [5.41, 5.74) is -0.0183. The molecule has 0 saturated carbocycles. The number of hydrogen-bond acceptors (Lipinski definition) is 6. The van der Waals surface area contributed by atoms with Crippen LogP contribution in [0.2, 0.25) is 5.02 Å². The molecular weight excluding hydrogens is 330 g/mol. The topological polar surface area (TPSA) is 80.9 Å². The van der Waals surface area contributed by atoms with Gasteiger partial charge in [0.2, 0.25) is 5.95 Å². The van der Waals surface area contributed by atoms with E-state index in [1.165, 1.54) is 0 Å². The number of likely N-dealkylation sites (N-methyl/N-ethyl adjacent to an activating group) is 1. The van der Waals surface area contributed by atoms with E-state index in [9.17, 15) is 4.79 Å². The second-order valence-electron chi connectivity index (χ2n) is 6.27. The smallest absolute Gasteiger partial charge is 0.345 e. The standard InChI is InChI=1S/C15H22ClN7O/c1-21(2)7-8-23-15(24)22-6-5-12(3-4-13(22)20-23)19-14-17-9-11(16)10-18-14/h9-10,12H,3-8H2,1-2H3,(H,17,18,19). The summed E-state index contributed by atoms with van der Waals surface area (Å²) in [4.78, 5) is 22.8. The molecule has 0 saturated heterocycles. The number of halogens is 1. The normalized spacial score (nSPS) is 17.6. The summed E-state index contributed by atoms with van der Waals surface area (Å²) in [5.74, 6) is 1.42. The lowest BCUT2D eigenvalue weighted by Crippen LogP contribution is -2.30. The molecule has 1 atom stereocenters. The molecule has 3 rings (SSSR count). The Bertz CT molecular complexity index is 737. The van der Waals surface area contributed by atoms with Crippen LogP contribution in [0.15, 0.2) is 17.2 Å². The van der Waals surface area contributed by atoms with Crippen LogP contribution in [-0.2, 0) is 19.5 Å². The van der Waals surface area contributed by atoms with Crippen LogP contribution < -0.4 is 11.0 Å². The van der Waals surface area contributed by atoms with Crippen molar-refractivity contribution in [3.63, 3.8) is 0 Å². The Labute approximate surface area is 145 Å². The lowest BCUT2D eigenvalue weighted by atomic mass is 10.1. The van der Waals surface area contributed by atoms with Crippen LogP contribution in [0.5, 0.6) is 0 Å². The molecule has 2 aromatic heterocycles. The first-order chi connectivity index (χ1) is 11.5. The van der Waals surface area contributed by atoms with Gasteiger partial charge < -0.3 is 10.2 Å². The predicted molar refractivity (Wildman–Crippen MR) is 92.4 cm³/mol. The number of hydrogen-bond donors (Lipinski definition) is 1. The highest BCUT2D eigenvalue weighted by molar-refractivity contribution is 6.30. The molecule has 1 aliphatic rings. The van der Waals surface area contributed by atoms with E-state index < -0.39 is 0 Å². The maximum Gasteiger partial charge on any atom is 0.345 e. The fourth-order valence-corrected chi connectivity index (χ4v) is 2.88. The second kappa shape index (κ2) is 7.31. The summed E-state index contributed by atoms with van der Waals surface area (Å²) in [5, 5.41) is 8.32. The Morgan fingerprint density at radius 2 is 2.08 bits per heavy atom. The van der Waals surface area contributed by atoms with Crippen molar-refractivity contribution >= 4 is 17.5 Å². The number of nitrogens with zero attached hydrogens (tertiary/aromatic N) is 6. The minimum absolute atomic E-state index is 0.0183. The molecule has 130 valence electrons. The molecule has 3 heterocycles. The number of aromatic nitrogens is 5. The fourth-order valence-electron chi connectivity index (χ4n) is 2.78. The SMILES string of the molecule is CN(C)CCn1nc2n(c1=O)CCC(Nc1ncc(Cl)cn1)CC2. The summed E-state index contributed by atoms with van der Waals surface area (Å²) in [6, 6.07) is 0.211. The summed E-state index contributed by atoms with van der Waals surface area (Å²) in [7, 11) is 3.97. The minimum atomic E-state index is -0.0183. The molecule has 1 aliphatic heterocycles. The van der Waals surface area contributed by atoms with Gasteiger partial charge in [-0.25, -0.2) is 19.4 Å². The zero-order valence-corrected chi connectivity index (χ0v) is 14.7. The first kappa shape index (κ1) is 16.9. The largest absolute Gasteiger partial charge is 0.351 e. The molecule has 24 heavy (non-hydrogen) atoms. The van der Waals surface area contributed by atoms with Crippen LogP contribution in [0.25, 0.3) is 0 Å². The van der Waals surface area contributed by atoms with Crippen molar-refractivity contribution in [3.05, 3.63) is 33.7 Å². The van der Waals surface area contributed by atoms with Crippen LogP contribution in [-0.4, -0.2) is 55.9 Å². The zero-order valence-electron chi connectivity index (χ0n) is 13.9. The third kappa shape index (κ3) is 3.93. The molecule has 0 aromatic carbocycles. The summed E-state index contributed by atoms with van der Waals surface area (Å²) in [6.45, 7) is 2.07. The molecule has 0 spiro atoms. The highest BCUT2D eigenvalue weighted by atomic mass is 35.5. The quantitative estimate of drug-likeness (QED) is 0.860. The van der Waals surface area contributed by atoms with Crippen molar-refractivity contribution in [1.29, 1.82) is 0 Å². The monoisotopic (exact) mass is 351 g/mol. The first-order valence-corrected chi connectivity index (χ1v) is 8.46.